The van der Waals surface area contributed by atoms with Crippen molar-refractivity contribution in [2.75, 3.05) is 5.32 Å². The normalized spacial score (nSPS) is 15.6. The molecule has 3 aromatic heterocycles. The molecule has 4 heterocycles. The number of H-pyrrole nitrogens is 1. The molecule has 8 nitrogen and oxygen atoms in total. The van der Waals surface area contributed by atoms with Gasteiger partial charge in [-0.3, -0.25) is 14.6 Å². The van der Waals surface area contributed by atoms with Crippen LogP contribution in [-0.4, -0.2) is 31.0 Å². The zero-order valence-electron chi connectivity index (χ0n) is 18.4. The lowest BCUT2D eigenvalue weighted by atomic mass is 10.1. The molecule has 1 aliphatic heterocycles. The van der Waals surface area contributed by atoms with Gasteiger partial charge in [0.25, 0.3) is 11.5 Å². The summed E-state index contributed by atoms with van der Waals surface area (Å²) in [6.45, 7) is 7.97. The SMILES string of the molecule is CC1NC(=O)c2cc(-c3cccc4c(=O)n(-c5cccnc5)c(NC(C)(C)C)nc34)[nH]c21. The van der Waals surface area contributed by atoms with Crippen LogP contribution in [0.5, 0.6) is 0 Å². The van der Waals surface area contributed by atoms with Crippen molar-refractivity contribution in [3.8, 4) is 16.9 Å². The van der Waals surface area contributed by atoms with E-state index in [9.17, 15) is 9.59 Å². The summed E-state index contributed by atoms with van der Waals surface area (Å²) in [5.74, 6) is 0.331. The van der Waals surface area contributed by atoms with Gasteiger partial charge in [0.1, 0.15) is 0 Å². The molecule has 0 bridgehead atoms. The van der Waals surface area contributed by atoms with Gasteiger partial charge in [0.05, 0.1) is 40.1 Å². The molecule has 8 heteroatoms. The lowest BCUT2D eigenvalue weighted by molar-refractivity contribution is 0.0958. The number of aromatic nitrogens is 4. The number of nitrogens with one attached hydrogen (secondary N) is 3. The molecule has 1 atom stereocenters. The molecule has 0 spiro atoms. The Bertz CT molecular complexity index is 1410. The third-order valence-corrected chi connectivity index (χ3v) is 5.45. The number of hydrogen-bond donors (Lipinski definition) is 3. The number of aromatic amines is 1. The number of benzene rings is 1. The smallest absolute Gasteiger partial charge is 0.267 e. The first kappa shape index (κ1) is 20.0. The maximum atomic E-state index is 13.6. The van der Waals surface area contributed by atoms with Crippen LogP contribution in [0.25, 0.3) is 27.8 Å². The Morgan fingerprint density at radius 1 is 1.09 bits per heavy atom. The van der Waals surface area contributed by atoms with E-state index in [1.807, 2.05) is 52.0 Å². The fraction of sp³-hybridized carbons (Fsp3) is 0.250. The Balaban J connectivity index is 1.78. The topological polar surface area (TPSA) is 105 Å². The quantitative estimate of drug-likeness (QED) is 0.460. The zero-order valence-corrected chi connectivity index (χ0v) is 18.4. The molecule has 0 saturated carbocycles. The van der Waals surface area contributed by atoms with E-state index in [-0.39, 0.29) is 23.0 Å². The Kier molecular flexibility index (Phi) is 4.40. The number of carbonyl (C=O) groups excluding carboxylic acids is 1. The molecule has 3 N–H and O–H groups in total. The Labute approximate surface area is 184 Å². The number of pyridine rings is 1. The summed E-state index contributed by atoms with van der Waals surface area (Å²) in [7, 11) is 0. The summed E-state index contributed by atoms with van der Waals surface area (Å²) in [4.78, 5) is 38.3. The number of nitrogens with zero attached hydrogens (tertiary/aromatic N) is 3. The number of para-hydroxylation sites is 1. The zero-order chi connectivity index (χ0) is 22.6. The minimum atomic E-state index is -0.326. The highest BCUT2D eigenvalue weighted by Crippen LogP contribution is 2.33. The first-order valence-electron chi connectivity index (χ1n) is 10.5. The number of amides is 1. The van der Waals surface area contributed by atoms with Gasteiger partial charge in [0, 0.05) is 23.0 Å². The third-order valence-electron chi connectivity index (χ3n) is 5.45. The summed E-state index contributed by atoms with van der Waals surface area (Å²) >= 11 is 0. The molecule has 4 aromatic rings. The second-order valence-electron chi connectivity index (χ2n) is 9.07. The van der Waals surface area contributed by atoms with Gasteiger partial charge in [-0.25, -0.2) is 9.55 Å². The first-order chi connectivity index (χ1) is 15.2. The van der Waals surface area contributed by atoms with Crippen molar-refractivity contribution in [2.24, 2.45) is 0 Å². The molecular formula is C24H24N6O2. The van der Waals surface area contributed by atoms with E-state index in [2.05, 4.69) is 20.6 Å². The van der Waals surface area contributed by atoms with E-state index in [0.717, 1.165) is 17.0 Å². The van der Waals surface area contributed by atoms with Crippen LogP contribution in [0.2, 0.25) is 0 Å². The van der Waals surface area contributed by atoms with Crippen molar-refractivity contribution in [2.45, 2.75) is 39.3 Å². The molecule has 0 saturated heterocycles. The molecular weight excluding hydrogens is 404 g/mol. The highest BCUT2D eigenvalue weighted by atomic mass is 16.2. The van der Waals surface area contributed by atoms with E-state index in [0.29, 0.717) is 28.1 Å². The largest absolute Gasteiger partial charge is 0.356 e. The standard InChI is InChI=1S/C24H24N6O2/c1-13-19-17(21(31)26-13)11-18(27-19)15-8-5-9-16-20(15)28-23(29-24(2,3)4)30(22(16)32)14-7-6-10-25-12-14/h5-13,27H,1-4H3,(H,26,31)(H,28,29). The van der Waals surface area contributed by atoms with Gasteiger partial charge >= 0.3 is 0 Å². The number of rotatable bonds is 3. The lowest BCUT2D eigenvalue weighted by Gasteiger charge is -2.24. The number of hydrogen-bond acceptors (Lipinski definition) is 5. The van der Waals surface area contributed by atoms with E-state index >= 15 is 0 Å². The van der Waals surface area contributed by atoms with Crippen LogP contribution < -0.4 is 16.2 Å². The van der Waals surface area contributed by atoms with Crippen LogP contribution in [0, 0.1) is 0 Å². The van der Waals surface area contributed by atoms with Gasteiger partial charge < -0.3 is 15.6 Å². The minimum absolute atomic E-state index is 0.0879. The molecule has 0 aliphatic carbocycles. The predicted molar refractivity (Wildman–Crippen MR) is 124 cm³/mol. The van der Waals surface area contributed by atoms with E-state index in [4.69, 9.17) is 4.98 Å². The molecule has 162 valence electrons. The van der Waals surface area contributed by atoms with E-state index in [1.54, 1.807) is 29.1 Å². The summed E-state index contributed by atoms with van der Waals surface area (Å²) in [6, 6.07) is 10.9. The number of fused-ring (bicyclic) bond motifs is 2. The second-order valence-corrected chi connectivity index (χ2v) is 9.07. The van der Waals surface area contributed by atoms with Crippen molar-refractivity contribution in [3.63, 3.8) is 0 Å². The fourth-order valence-corrected chi connectivity index (χ4v) is 4.06. The summed E-state index contributed by atoms with van der Waals surface area (Å²) < 4.78 is 1.55. The van der Waals surface area contributed by atoms with Gasteiger partial charge in [-0.15, -0.1) is 0 Å². The van der Waals surface area contributed by atoms with Gasteiger partial charge in [-0.2, -0.15) is 0 Å². The molecule has 0 radical (unpaired) electrons. The molecule has 1 aliphatic rings. The van der Waals surface area contributed by atoms with Crippen molar-refractivity contribution in [1.82, 2.24) is 24.8 Å². The minimum Gasteiger partial charge on any atom is -0.356 e. The molecule has 1 aromatic carbocycles. The van der Waals surface area contributed by atoms with E-state index in [1.165, 1.54) is 0 Å². The Morgan fingerprint density at radius 3 is 2.59 bits per heavy atom. The molecule has 32 heavy (non-hydrogen) atoms. The summed E-state index contributed by atoms with van der Waals surface area (Å²) in [6.07, 6.45) is 3.31. The highest BCUT2D eigenvalue weighted by molar-refractivity contribution is 6.01. The van der Waals surface area contributed by atoms with Crippen LogP contribution in [0.1, 0.15) is 49.8 Å². The average Bonchev–Trinajstić information content (AvgIpc) is 3.28. The first-order valence-corrected chi connectivity index (χ1v) is 10.5. The monoisotopic (exact) mass is 428 g/mol. The van der Waals surface area contributed by atoms with Crippen molar-refractivity contribution >= 4 is 22.8 Å². The number of carbonyl (C=O) groups is 1. The lowest BCUT2D eigenvalue weighted by Crippen LogP contribution is -2.32. The van der Waals surface area contributed by atoms with Crippen molar-refractivity contribution in [1.29, 1.82) is 0 Å². The molecule has 5 rings (SSSR count). The number of anilines is 1. The van der Waals surface area contributed by atoms with Gasteiger partial charge in [0.2, 0.25) is 5.95 Å². The van der Waals surface area contributed by atoms with Crippen LogP contribution in [0.3, 0.4) is 0 Å². The fourth-order valence-electron chi connectivity index (χ4n) is 4.06. The van der Waals surface area contributed by atoms with Crippen molar-refractivity contribution in [3.05, 3.63) is 70.4 Å². The van der Waals surface area contributed by atoms with Crippen LogP contribution in [-0.2, 0) is 0 Å². The average molecular weight is 428 g/mol. The predicted octanol–water partition coefficient (Wildman–Crippen LogP) is 3.79. The van der Waals surface area contributed by atoms with Crippen LogP contribution in [0.4, 0.5) is 5.95 Å². The van der Waals surface area contributed by atoms with E-state index < -0.39 is 0 Å². The maximum Gasteiger partial charge on any atom is 0.267 e. The Morgan fingerprint density at radius 2 is 1.91 bits per heavy atom. The van der Waals surface area contributed by atoms with Crippen molar-refractivity contribution < 1.29 is 4.79 Å². The Hall–Kier alpha value is -3.94. The third kappa shape index (κ3) is 3.24. The highest BCUT2D eigenvalue weighted by Gasteiger charge is 2.29. The van der Waals surface area contributed by atoms with Gasteiger partial charge in [0.15, 0.2) is 0 Å². The van der Waals surface area contributed by atoms with Gasteiger partial charge in [-0.05, 0) is 52.0 Å². The second kappa shape index (κ2) is 7.05. The summed E-state index contributed by atoms with van der Waals surface area (Å²) in [5.41, 5.74) is 3.68. The van der Waals surface area contributed by atoms with Crippen LogP contribution >= 0.6 is 0 Å². The molecule has 1 amide bonds. The maximum absolute atomic E-state index is 13.6. The van der Waals surface area contributed by atoms with Crippen LogP contribution in [0.15, 0.2) is 53.6 Å². The summed E-state index contributed by atoms with van der Waals surface area (Å²) in [5, 5.41) is 6.74. The molecule has 1 unspecified atom stereocenters. The van der Waals surface area contributed by atoms with Gasteiger partial charge in [-0.1, -0.05) is 12.1 Å². The molecule has 0 fully saturated rings.